The van der Waals surface area contributed by atoms with Gasteiger partial charge in [-0.15, -0.1) is 11.3 Å². The standard InChI is InChI=1S/C24H30N6O3S2/c1-17(31)29-8-10-30(11-9-29)18-5-6-20(26-14-18)23(32)28-24-27-22(16-35-24)19-4-3-7-25-21(19)15-33-12-13-34-2/h4-6,14,16H,3,7-13,15H2,1-2H3,(H,27,28,32). The molecular formula is C24H30N6O3S2. The number of carbonyl (C=O) groups is 2. The smallest absolute Gasteiger partial charge is 0.276 e. The van der Waals surface area contributed by atoms with Gasteiger partial charge in [0.2, 0.25) is 5.91 Å². The van der Waals surface area contributed by atoms with Crippen LogP contribution in [0.1, 0.15) is 29.5 Å². The third-order valence-electron chi connectivity index (χ3n) is 5.83. The maximum atomic E-state index is 12.7. The number of pyridine rings is 1. The van der Waals surface area contributed by atoms with E-state index >= 15 is 0 Å². The normalized spacial score (nSPS) is 16.1. The van der Waals surface area contributed by atoms with Crippen LogP contribution in [0.2, 0.25) is 0 Å². The number of hydrogen-bond donors (Lipinski definition) is 1. The SMILES string of the molecule is CSCCOCC1=NCCC=C1c1csc(NC(=O)c2ccc(N3CCN(C(C)=O)CC3)cn2)n1. The molecule has 4 heterocycles. The summed E-state index contributed by atoms with van der Waals surface area (Å²) in [6.45, 7) is 6.38. The molecule has 0 saturated carbocycles. The van der Waals surface area contributed by atoms with E-state index in [1.165, 1.54) is 11.3 Å². The average molecular weight is 515 g/mol. The highest BCUT2D eigenvalue weighted by atomic mass is 32.2. The van der Waals surface area contributed by atoms with E-state index in [1.807, 2.05) is 16.3 Å². The number of nitrogens with zero attached hydrogens (tertiary/aromatic N) is 5. The maximum absolute atomic E-state index is 12.7. The molecule has 1 saturated heterocycles. The van der Waals surface area contributed by atoms with Gasteiger partial charge in [-0.05, 0) is 24.8 Å². The predicted molar refractivity (Wildman–Crippen MR) is 143 cm³/mol. The Balaban J connectivity index is 1.34. The number of hydrogen-bond acceptors (Lipinski definition) is 9. The minimum atomic E-state index is -0.300. The molecule has 2 aliphatic rings. The van der Waals surface area contributed by atoms with E-state index in [-0.39, 0.29) is 11.8 Å². The fourth-order valence-electron chi connectivity index (χ4n) is 3.90. The second kappa shape index (κ2) is 12.3. The van der Waals surface area contributed by atoms with Gasteiger partial charge < -0.3 is 14.5 Å². The fraction of sp³-hybridized carbons (Fsp3) is 0.458. The number of nitrogens with one attached hydrogen (secondary N) is 1. The van der Waals surface area contributed by atoms with Crippen LogP contribution < -0.4 is 10.2 Å². The van der Waals surface area contributed by atoms with Crippen molar-refractivity contribution in [2.75, 3.05) is 68.2 Å². The van der Waals surface area contributed by atoms with E-state index in [9.17, 15) is 9.59 Å². The quantitative estimate of drug-likeness (QED) is 0.514. The van der Waals surface area contributed by atoms with E-state index in [4.69, 9.17) is 4.74 Å². The fourth-order valence-corrected chi connectivity index (χ4v) is 4.89. The number of ether oxygens (including phenoxy) is 1. The summed E-state index contributed by atoms with van der Waals surface area (Å²) in [4.78, 5) is 41.9. The van der Waals surface area contributed by atoms with Gasteiger partial charge in [-0.25, -0.2) is 9.97 Å². The lowest BCUT2D eigenvalue weighted by Crippen LogP contribution is -2.48. The number of piperazine rings is 1. The molecule has 0 bridgehead atoms. The molecule has 0 radical (unpaired) electrons. The molecule has 186 valence electrons. The van der Waals surface area contributed by atoms with Gasteiger partial charge in [-0.3, -0.25) is 19.9 Å². The Hall–Kier alpha value is -2.76. The number of aliphatic imine (C=N–C) groups is 1. The molecule has 11 heteroatoms. The van der Waals surface area contributed by atoms with Crippen LogP contribution in [0.25, 0.3) is 5.57 Å². The number of amides is 2. The third-order valence-corrected chi connectivity index (χ3v) is 7.17. The highest BCUT2D eigenvalue weighted by Gasteiger charge is 2.20. The second-order valence-corrected chi connectivity index (χ2v) is 10.0. The molecule has 2 aliphatic heterocycles. The van der Waals surface area contributed by atoms with Crippen molar-refractivity contribution in [3.05, 3.63) is 41.2 Å². The van der Waals surface area contributed by atoms with Crippen molar-refractivity contribution in [3.8, 4) is 0 Å². The lowest BCUT2D eigenvalue weighted by molar-refractivity contribution is -0.129. The van der Waals surface area contributed by atoms with Crippen LogP contribution in [0.15, 0.2) is 34.8 Å². The first kappa shape index (κ1) is 25.3. The zero-order chi connectivity index (χ0) is 24.6. The van der Waals surface area contributed by atoms with Gasteiger partial charge in [-0.2, -0.15) is 11.8 Å². The highest BCUT2D eigenvalue weighted by molar-refractivity contribution is 7.98. The number of aromatic nitrogens is 2. The molecule has 9 nitrogen and oxygen atoms in total. The van der Waals surface area contributed by atoms with E-state index in [2.05, 4.69) is 37.5 Å². The summed E-state index contributed by atoms with van der Waals surface area (Å²) in [5.74, 6) is 0.749. The summed E-state index contributed by atoms with van der Waals surface area (Å²) in [6, 6.07) is 3.61. The summed E-state index contributed by atoms with van der Waals surface area (Å²) in [5, 5.41) is 5.31. The number of dihydropyridines is 1. The lowest BCUT2D eigenvalue weighted by Gasteiger charge is -2.35. The van der Waals surface area contributed by atoms with Crippen LogP contribution in [-0.4, -0.2) is 90.3 Å². The van der Waals surface area contributed by atoms with Crippen molar-refractivity contribution in [2.24, 2.45) is 4.99 Å². The van der Waals surface area contributed by atoms with Crippen molar-refractivity contribution in [1.82, 2.24) is 14.9 Å². The Labute approximate surface area is 213 Å². The van der Waals surface area contributed by atoms with Gasteiger partial charge in [0.15, 0.2) is 5.13 Å². The molecule has 0 aromatic carbocycles. The van der Waals surface area contributed by atoms with Crippen LogP contribution in [0.5, 0.6) is 0 Å². The van der Waals surface area contributed by atoms with Crippen molar-refractivity contribution in [3.63, 3.8) is 0 Å². The first-order valence-corrected chi connectivity index (χ1v) is 13.9. The Bertz CT molecular complexity index is 1090. The summed E-state index contributed by atoms with van der Waals surface area (Å²) in [6.07, 6.45) is 6.76. The molecule has 2 aromatic rings. The molecule has 1 N–H and O–H groups in total. The molecular weight excluding hydrogens is 484 g/mol. The number of anilines is 2. The van der Waals surface area contributed by atoms with Crippen molar-refractivity contribution in [2.45, 2.75) is 13.3 Å². The van der Waals surface area contributed by atoms with Gasteiger partial charge in [0.1, 0.15) is 5.69 Å². The van der Waals surface area contributed by atoms with Crippen LogP contribution in [0, 0.1) is 0 Å². The molecule has 0 atom stereocenters. The van der Waals surface area contributed by atoms with Crippen LogP contribution >= 0.6 is 23.1 Å². The monoisotopic (exact) mass is 514 g/mol. The third kappa shape index (κ3) is 6.68. The molecule has 4 rings (SSSR count). The molecule has 0 unspecified atom stereocenters. The number of rotatable bonds is 9. The lowest BCUT2D eigenvalue weighted by atomic mass is 10.0. The molecule has 2 amide bonds. The van der Waals surface area contributed by atoms with Gasteiger partial charge in [0.25, 0.3) is 5.91 Å². The van der Waals surface area contributed by atoms with E-state index in [0.29, 0.717) is 37.1 Å². The molecule has 35 heavy (non-hydrogen) atoms. The predicted octanol–water partition coefficient (Wildman–Crippen LogP) is 3.07. The Morgan fingerprint density at radius 1 is 1.23 bits per heavy atom. The highest BCUT2D eigenvalue weighted by Crippen LogP contribution is 2.26. The van der Waals surface area contributed by atoms with Crippen LogP contribution in [0.4, 0.5) is 10.8 Å². The van der Waals surface area contributed by atoms with Crippen LogP contribution in [0.3, 0.4) is 0 Å². The maximum Gasteiger partial charge on any atom is 0.276 e. The topological polar surface area (TPSA) is 100 Å². The summed E-state index contributed by atoms with van der Waals surface area (Å²) in [7, 11) is 0. The minimum absolute atomic E-state index is 0.0999. The van der Waals surface area contributed by atoms with Gasteiger partial charge in [0, 0.05) is 56.4 Å². The van der Waals surface area contributed by atoms with Gasteiger partial charge in [0.05, 0.1) is 36.5 Å². The first-order valence-electron chi connectivity index (χ1n) is 11.6. The van der Waals surface area contributed by atoms with Gasteiger partial charge >= 0.3 is 0 Å². The van der Waals surface area contributed by atoms with Crippen molar-refractivity contribution < 1.29 is 14.3 Å². The summed E-state index contributed by atoms with van der Waals surface area (Å²) < 4.78 is 5.75. The first-order chi connectivity index (χ1) is 17.0. The Kier molecular flexibility index (Phi) is 8.89. The van der Waals surface area contributed by atoms with Crippen molar-refractivity contribution >= 4 is 57.0 Å². The minimum Gasteiger partial charge on any atom is -0.374 e. The van der Waals surface area contributed by atoms with Crippen molar-refractivity contribution in [1.29, 1.82) is 0 Å². The average Bonchev–Trinajstić information content (AvgIpc) is 3.35. The van der Waals surface area contributed by atoms with Crippen LogP contribution in [-0.2, 0) is 9.53 Å². The summed E-state index contributed by atoms with van der Waals surface area (Å²) in [5.41, 5.74) is 3.95. The van der Waals surface area contributed by atoms with E-state index in [1.54, 1.807) is 30.9 Å². The molecule has 2 aromatic heterocycles. The molecule has 1 fully saturated rings. The molecule has 0 aliphatic carbocycles. The van der Waals surface area contributed by atoms with E-state index in [0.717, 1.165) is 54.5 Å². The number of carbonyl (C=O) groups excluding carboxylic acids is 2. The summed E-state index contributed by atoms with van der Waals surface area (Å²) >= 11 is 3.13. The van der Waals surface area contributed by atoms with Gasteiger partial charge in [-0.1, -0.05) is 6.08 Å². The second-order valence-electron chi connectivity index (χ2n) is 8.17. The molecule has 0 spiro atoms. The number of thiazole rings is 1. The van der Waals surface area contributed by atoms with E-state index < -0.39 is 0 Å². The zero-order valence-corrected chi connectivity index (χ0v) is 21.7. The Morgan fingerprint density at radius 3 is 2.77 bits per heavy atom. The number of thioether (sulfide) groups is 1. The zero-order valence-electron chi connectivity index (χ0n) is 20.0. The Morgan fingerprint density at radius 2 is 2.06 bits per heavy atom. The largest absolute Gasteiger partial charge is 0.374 e.